The van der Waals surface area contributed by atoms with E-state index in [0.29, 0.717) is 16.7 Å². The molecule has 2 nitrogen and oxygen atoms in total. The lowest BCUT2D eigenvalue weighted by Crippen LogP contribution is -2.18. The van der Waals surface area contributed by atoms with Crippen LogP contribution in [0.15, 0.2) is 40.9 Å². The monoisotopic (exact) mass is 387 g/mol. The van der Waals surface area contributed by atoms with Gasteiger partial charge in [-0.2, -0.15) is 0 Å². The van der Waals surface area contributed by atoms with E-state index in [1.54, 1.807) is 12.1 Å². The summed E-state index contributed by atoms with van der Waals surface area (Å²) in [5.41, 5.74) is 7.81. The quantitative estimate of drug-likeness (QED) is 0.761. The molecule has 2 N–H and O–H groups in total. The van der Waals surface area contributed by atoms with E-state index in [9.17, 15) is 0 Å². The van der Waals surface area contributed by atoms with E-state index < -0.39 is 0 Å². The molecule has 0 aliphatic rings. The Morgan fingerprint density at radius 1 is 1.14 bits per heavy atom. The maximum Gasteiger partial charge on any atom is 0.123 e. The third-order valence-electron chi connectivity index (χ3n) is 2.96. The molecule has 0 bridgehead atoms. The summed E-state index contributed by atoms with van der Waals surface area (Å²) in [6, 6.07) is 11.3. The van der Waals surface area contributed by atoms with Crippen molar-refractivity contribution in [3.8, 4) is 5.75 Å². The Hall–Kier alpha value is -0.740. The van der Waals surface area contributed by atoms with Crippen LogP contribution in [0.1, 0.15) is 18.1 Å². The average Bonchev–Trinajstić information content (AvgIpc) is 2.41. The van der Waals surface area contributed by atoms with E-state index in [4.69, 9.17) is 33.7 Å². The van der Waals surface area contributed by atoms with Crippen molar-refractivity contribution in [3.05, 3.63) is 62.0 Å². The molecule has 0 fully saturated rings. The van der Waals surface area contributed by atoms with Crippen LogP contribution in [0.5, 0.6) is 5.75 Å². The van der Waals surface area contributed by atoms with Crippen LogP contribution in [-0.2, 0) is 13.0 Å². The number of nitrogens with two attached hydrogens (primary N) is 1. The second kappa shape index (κ2) is 7.50. The lowest BCUT2D eigenvalue weighted by atomic mass is 10.1. The van der Waals surface area contributed by atoms with Gasteiger partial charge in [0.25, 0.3) is 0 Å². The Morgan fingerprint density at radius 2 is 1.90 bits per heavy atom. The summed E-state index contributed by atoms with van der Waals surface area (Å²) in [4.78, 5) is 0. The normalized spacial score (nSPS) is 12.2. The number of hydrogen-bond donors (Lipinski definition) is 1. The van der Waals surface area contributed by atoms with Crippen LogP contribution in [0.2, 0.25) is 10.0 Å². The number of rotatable bonds is 5. The van der Waals surface area contributed by atoms with Crippen molar-refractivity contribution in [1.29, 1.82) is 0 Å². The molecule has 5 heteroatoms. The molecule has 2 aromatic rings. The first-order valence-corrected chi connectivity index (χ1v) is 8.11. The molecule has 1 unspecified atom stereocenters. The molecule has 0 aliphatic heterocycles. The highest BCUT2D eigenvalue weighted by Gasteiger charge is 2.09. The molecule has 0 saturated heterocycles. The molecule has 0 amide bonds. The van der Waals surface area contributed by atoms with Crippen molar-refractivity contribution in [3.63, 3.8) is 0 Å². The van der Waals surface area contributed by atoms with Gasteiger partial charge in [-0.3, -0.25) is 0 Å². The Balaban J connectivity index is 2.17. The predicted octanol–water partition coefficient (Wildman–Crippen LogP) is 5.22. The molecule has 112 valence electrons. The largest absolute Gasteiger partial charge is 0.489 e. The molecular formula is C16H16BrCl2NO. The molecule has 2 aromatic carbocycles. The Morgan fingerprint density at radius 3 is 2.62 bits per heavy atom. The van der Waals surface area contributed by atoms with Crippen LogP contribution >= 0.6 is 39.1 Å². The molecular weight excluding hydrogens is 373 g/mol. The van der Waals surface area contributed by atoms with Gasteiger partial charge in [-0.15, -0.1) is 0 Å². The highest BCUT2D eigenvalue weighted by Crippen LogP contribution is 2.27. The van der Waals surface area contributed by atoms with E-state index >= 15 is 0 Å². The van der Waals surface area contributed by atoms with Crippen LogP contribution in [0.25, 0.3) is 0 Å². The summed E-state index contributed by atoms with van der Waals surface area (Å²) < 4.78 is 6.90. The van der Waals surface area contributed by atoms with E-state index in [1.165, 1.54) is 0 Å². The maximum absolute atomic E-state index is 6.15. The van der Waals surface area contributed by atoms with E-state index in [0.717, 1.165) is 27.8 Å². The van der Waals surface area contributed by atoms with Crippen molar-refractivity contribution < 1.29 is 4.74 Å². The highest BCUT2D eigenvalue weighted by molar-refractivity contribution is 9.10. The fraction of sp³-hybridized carbons (Fsp3) is 0.250. The lowest BCUT2D eigenvalue weighted by Gasteiger charge is -2.14. The zero-order valence-electron chi connectivity index (χ0n) is 11.6. The van der Waals surface area contributed by atoms with Gasteiger partial charge in [0.2, 0.25) is 0 Å². The van der Waals surface area contributed by atoms with Gasteiger partial charge in [0.1, 0.15) is 12.4 Å². The second-order valence-corrected chi connectivity index (χ2v) is 6.72. The minimum atomic E-state index is 0.0661. The molecule has 0 radical (unpaired) electrons. The van der Waals surface area contributed by atoms with E-state index in [1.807, 2.05) is 31.2 Å². The van der Waals surface area contributed by atoms with Gasteiger partial charge in [-0.25, -0.2) is 0 Å². The van der Waals surface area contributed by atoms with Gasteiger partial charge < -0.3 is 10.5 Å². The number of hydrogen-bond acceptors (Lipinski definition) is 2. The second-order valence-electron chi connectivity index (χ2n) is 4.96. The first-order valence-electron chi connectivity index (χ1n) is 6.56. The summed E-state index contributed by atoms with van der Waals surface area (Å²) >= 11 is 15.6. The summed E-state index contributed by atoms with van der Waals surface area (Å²) in [5.74, 6) is 0.812. The van der Waals surface area contributed by atoms with Crippen LogP contribution in [-0.4, -0.2) is 6.04 Å². The van der Waals surface area contributed by atoms with Crippen molar-refractivity contribution >= 4 is 39.1 Å². The summed E-state index contributed by atoms with van der Waals surface area (Å²) in [6.07, 6.45) is 0.748. The van der Waals surface area contributed by atoms with Crippen LogP contribution in [0.3, 0.4) is 0 Å². The van der Waals surface area contributed by atoms with Crippen LogP contribution in [0.4, 0.5) is 0 Å². The molecule has 0 aliphatic carbocycles. The number of ether oxygens (including phenoxy) is 1. The molecule has 0 saturated carbocycles. The van der Waals surface area contributed by atoms with Gasteiger partial charge in [0, 0.05) is 26.1 Å². The van der Waals surface area contributed by atoms with Gasteiger partial charge in [-0.05, 0) is 55.3 Å². The summed E-state index contributed by atoms with van der Waals surface area (Å²) in [7, 11) is 0. The molecule has 1 atom stereocenters. The van der Waals surface area contributed by atoms with Crippen molar-refractivity contribution in [2.75, 3.05) is 0 Å². The van der Waals surface area contributed by atoms with Crippen LogP contribution in [0, 0.1) is 0 Å². The highest BCUT2D eigenvalue weighted by atomic mass is 79.9. The predicted molar refractivity (Wildman–Crippen MR) is 92.3 cm³/mol. The van der Waals surface area contributed by atoms with E-state index in [-0.39, 0.29) is 6.04 Å². The van der Waals surface area contributed by atoms with Gasteiger partial charge >= 0.3 is 0 Å². The van der Waals surface area contributed by atoms with Gasteiger partial charge in [0.05, 0.1) is 0 Å². The smallest absolute Gasteiger partial charge is 0.123 e. The average molecular weight is 389 g/mol. The zero-order chi connectivity index (χ0) is 15.4. The molecule has 0 spiro atoms. The van der Waals surface area contributed by atoms with Crippen molar-refractivity contribution in [2.24, 2.45) is 5.73 Å². The van der Waals surface area contributed by atoms with E-state index in [2.05, 4.69) is 15.9 Å². The molecule has 21 heavy (non-hydrogen) atoms. The molecule has 0 heterocycles. The van der Waals surface area contributed by atoms with Crippen molar-refractivity contribution in [1.82, 2.24) is 0 Å². The van der Waals surface area contributed by atoms with Crippen molar-refractivity contribution in [2.45, 2.75) is 26.0 Å². The van der Waals surface area contributed by atoms with Gasteiger partial charge in [-0.1, -0.05) is 39.1 Å². The number of halogens is 3. The minimum absolute atomic E-state index is 0.0661. The maximum atomic E-state index is 6.15. The zero-order valence-corrected chi connectivity index (χ0v) is 14.7. The fourth-order valence-electron chi connectivity index (χ4n) is 2.00. The summed E-state index contributed by atoms with van der Waals surface area (Å²) in [6.45, 7) is 2.34. The first kappa shape index (κ1) is 16.6. The molecule has 0 aromatic heterocycles. The fourth-order valence-corrected chi connectivity index (χ4v) is 2.78. The third kappa shape index (κ3) is 4.89. The topological polar surface area (TPSA) is 35.2 Å². The Bertz CT molecular complexity index is 632. The third-order valence-corrected chi connectivity index (χ3v) is 4.05. The Kier molecular flexibility index (Phi) is 5.94. The summed E-state index contributed by atoms with van der Waals surface area (Å²) in [5, 5.41) is 1.29. The SMILES string of the molecule is CC(N)Cc1cc(Br)ccc1OCc1cc(Cl)ccc1Cl. The minimum Gasteiger partial charge on any atom is -0.489 e. The Labute approximate surface area is 143 Å². The number of benzene rings is 2. The molecule has 2 rings (SSSR count). The standard InChI is InChI=1S/C16H16BrCl2NO/c1-10(20)6-11-7-13(17)2-5-16(11)21-9-12-8-14(18)3-4-15(12)19/h2-5,7-8,10H,6,9,20H2,1H3. The first-order chi connectivity index (χ1) is 9.95. The van der Waals surface area contributed by atoms with Crippen LogP contribution < -0.4 is 10.5 Å². The van der Waals surface area contributed by atoms with Gasteiger partial charge in [0.15, 0.2) is 0 Å². The lowest BCUT2D eigenvalue weighted by molar-refractivity contribution is 0.302.